The molecule has 3 heterocycles. The van der Waals surface area contributed by atoms with E-state index in [-0.39, 0.29) is 5.91 Å². The Balaban J connectivity index is 1.38. The molecule has 0 radical (unpaired) electrons. The van der Waals surface area contributed by atoms with Crippen molar-refractivity contribution in [3.63, 3.8) is 0 Å². The van der Waals surface area contributed by atoms with Crippen LogP contribution in [0.25, 0.3) is 0 Å². The van der Waals surface area contributed by atoms with E-state index in [0.29, 0.717) is 17.5 Å². The number of hydrogen-bond acceptors (Lipinski definition) is 8. The van der Waals surface area contributed by atoms with E-state index < -0.39 is 0 Å². The summed E-state index contributed by atoms with van der Waals surface area (Å²) in [6, 6.07) is 10.2. The molecule has 1 aromatic carbocycles. The van der Waals surface area contributed by atoms with Gasteiger partial charge in [-0.25, -0.2) is 4.98 Å². The Hall–Kier alpha value is -2.52. The van der Waals surface area contributed by atoms with Crippen LogP contribution in [0.15, 0.2) is 47.1 Å². The summed E-state index contributed by atoms with van der Waals surface area (Å²) in [7, 11) is 0. The van der Waals surface area contributed by atoms with Crippen LogP contribution < -0.4 is 5.32 Å². The van der Waals surface area contributed by atoms with Crippen molar-refractivity contribution in [1.29, 1.82) is 0 Å². The standard InChI is InChI=1S/C18H18N6OS2/c25-16(24-8-4-5-9-24)14-10-19-11-15(20-14)21-17-22-18(27-23-17)26-12-13-6-2-1-3-7-13/h1-3,6-7,10-11H,4-5,8-9,12H2,(H,20,21,23). The monoisotopic (exact) mass is 398 g/mol. The Morgan fingerprint density at radius 3 is 2.78 bits per heavy atom. The quantitative estimate of drug-likeness (QED) is 0.635. The van der Waals surface area contributed by atoms with Gasteiger partial charge < -0.3 is 10.2 Å². The highest BCUT2D eigenvalue weighted by Crippen LogP contribution is 2.26. The minimum absolute atomic E-state index is 0.0750. The van der Waals surface area contributed by atoms with Crippen LogP contribution in [-0.2, 0) is 5.75 Å². The van der Waals surface area contributed by atoms with Gasteiger partial charge in [0.2, 0.25) is 5.95 Å². The Morgan fingerprint density at radius 2 is 1.96 bits per heavy atom. The third-order valence-corrected chi connectivity index (χ3v) is 6.00. The lowest BCUT2D eigenvalue weighted by Gasteiger charge is -2.14. The van der Waals surface area contributed by atoms with Gasteiger partial charge in [0.1, 0.15) is 5.69 Å². The SMILES string of the molecule is O=C(c1cncc(Nc2nsc(SCc3ccccc3)n2)n1)N1CCCC1. The number of anilines is 2. The molecule has 3 aromatic rings. The molecule has 27 heavy (non-hydrogen) atoms. The van der Waals surface area contributed by atoms with E-state index in [0.717, 1.165) is 36.0 Å². The summed E-state index contributed by atoms with van der Waals surface area (Å²) >= 11 is 2.97. The van der Waals surface area contributed by atoms with Gasteiger partial charge in [-0.1, -0.05) is 42.1 Å². The molecule has 0 unspecified atom stereocenters. The van der Waals surface area contributed by atoms with Crippen molar-refractivity contribution in [2.75, 3.05) is 18.4 Å². The van der Waals surface area contributed by atoms with Crippen molar-refractivity contribution in [3.05, 3.63) is 54.0 Å². The van der Waals surface area contributed by atoms with E-state index in [2.05, 4.69) is 36.8 Å². The fourth-order valence-corrected chi connectivity index (χ4v) is 4.28. The Kier molecular flexibility index (Phi) is 5.59. The highest BCUT2D eigenvalue weighted by molar-refractivity contribution is 8.00. The molecule has 0 saturated carbocycles. The summed E-state index contributed by atoms with van der Waals surface area (Å²) in [4.78, 5) is 27.2. The molecule has 0 spiro atoms. The Bertz CT molecular complexity index is 911. The molecule has 1 saturated heterocycles. The Labute approximate surface area is 165 Å². The first kappa shape index (κ1) is 17.9. The van der Waals surface area contributed by atoms with Gasteiger partial charge in [0.15, 0.2) is 10.2 Å². The van der Waals surface area contributed by atoms with E-state index in [1.165, 1.54) is 23.3 Å². The fraction of sp³-hybridized carbons (Fsp3) is 0.278. The largest absolute Gasteiger partial charge is 0.337 e. The summed E-state index contributed by atoms with van der Waals surface area (Å²) in [5.74, 6) is 1.71. The smallest absolute Gasteiger partial charge is 0.274 e. The van der Waals surface area contributed by atoms with Crippen molar-refractivity contribution in [3.8, 4) is 0 Å². The molecule has 1 amide bonds. The minimum atomic E-state index is -0.0750. The van der Waals surface area contributed by atoms with Gasteiger partial charge in [-0.2, -0.15) is 9.36 Å². The second kappa shape index (κ2) is 8.45. The average Bonchev–Trinajstić information content (AvgIpc) is 3.39. The van der Waals surface area contributed by atoms with E-state index >= 15 is 0 Å². The van der Waals surface area contributed by atoms with Gasteiger partial charge >= 0.3 is 0 Å². The number of nitrogens with zero attached hydrogens (tertiary/aromatic N) is 5. The van der Waals surface area contributed by atoms with Gasteiger partial charge in [-0.3, -0.25) is 9.78 Å². The average molecular weight is 399 g/mol. The predicted octanol–water partition coefficient (Wildman–Crippen LogP) is 3.60. The molecular formula is C18H18N6OS2. The molecular weight excluding hydrogens is 380 g/mol. The number of carbonyl (C=O) groups excluding carboxylic acids is 1. The van der Waals surface area contributed by atoms with Crippen LogP contribution in [0.5, 0.6) is 0 Å². The van der Waals surface area contributed by atoms with Gasteiger partial charge in [0, 0.05) is 18.8 Å². The van der Waals surface area contributed by atoms with Gasteiger partial charge in [-0.05, 0) is 29.9 Å². The van der Waals surface area contributed by atoms with Crippen LogP contribution in [0.3, 0.4) is 0 Å². The maximum absolute atomic E-state index is 12.4. The molecule has 9 heteroatoms. The molecule has 1 N–H and O–H groups in total. The van der Waals surface area contributed by atoms with Crippen LogP contribution in [0.4, 0.5) is 11.8 Å². The summed E-state index contributed by atoms with van der Waals surface area (Å²) in [5, 5.41) is 3.04. The van der Waals surface area contributed by atoms with Gasteiger partial charge in [-0.15, -0.1) is 0 Å². The normalized spacial score (nSPS) is 13.7. The molecule has 138 valence electrons. The molecule has 7 nitrogen and oxygen atoms in total. The van der Waals surface area contributed by atoms with E-state index in [4.69, 9.17) is 0 Å². The van der Waals surface area contributed by atoms with E-state index in [1.54, 1.807) is 18.0 Å². The van der Waals surface area contributed by atoms with Crippen LogP contribution >= 0.6 is 23.3 Å². The minimum Gasteiger partial charge on any atom is -0.337 e. The molecule has 0 bridgehead atoms. The Morgan fingerprint density at radius 1 is 1.15 bits per heavy atom. The zero-order valence-electron chi connectivity index (χ0n) is 14.5. The molecule has 1 fully saturated rings. The number of benzene rings is 1. The van der Waals surface area contributed by atoms with Crippen LogP contribution in [0.1, 0.15) is 28.9 Å². The molecule has 0 aliphatic carbocycles. The molecule has 0 atom stereocenters. The molecule has 1 aliphatic heterocycles. The first-order valence-electron chi connectivity index (χ1n) is 8.67. The summed E-state index contributed by atoms with van der Waals surface area (Å²) in [6.45, 7) is 1.57. The zero-order valence-corrected chi connectivity index (χ0v) is 16.2. The highest BCUT2D eigenvalue weighted by atomic mass is 32.2. The van der Waals surface area contributed by atoms with Crippen LogP contribution in [0, 0.1) is 0 Å². The topological polar surface area (TPSA) is 83.9 Å². The maximum Gasteiger partial charge on any atom is 0.274 e. The predicted molar refractivity (Wildman–Crippen MR) is 106 cm³/mol. The number of likely N-dealkylation sites (tertiary alicyclic amines) is 1. The highest BCUT2D eigenvalue weighted by Gasteiger charge is 2.21. The lowest BCUT2D eigenvalue weighted by atomic mass is 10.2. The number of carbonyl (C=O) groups is 1. The van der Waals surface area contributed by atoms with E-state index in [9.17, 15) is 4.79 Å². The first-order valence-corrected chi connectivity index (χ1v) is 10.4. The van der Waals surface area contributed by atoms with Crippen LogP contribution in [-0.4, -0.2) is 43.2 Å². The second-order valence-corrected chi connectivity index (χ2v) is 8.05. The van der Waals surface area contributed by atoms with Gasteiger partial charge in [0.25, 0.3) is 5.91 Å². The van der Waals surface area contributed by atoms with Crippen molar-refractivity contribution in [2.45, 2.75) is 22.9 Å². The summed E-state index contributed by atoms with van der Waals surface area (Å²) < 4.78 is 5.18. The lowest BCUT2D eigenvalue weighted by molar-refractivity contribution is 0.0786. The summed E-state index contributed by atoms with van der Waals surface area (Å²) in [6.07, 6.45) is 5.16. The van der Waals surface area contributed by atoms with E-state index in [1.807, 2.05) is 23.1 Å². The number of rotatable bonds is 6. The fourth-order valence-electron chi connectivity index (χ4n) is 2.76. The molecule has 2 aromatic heterocycles. The third kappa shape index (κ3) is 4.61. The number of aromatic nitrogens is 4. The zero-order chi connectivity index (χ0) is 18.5. The van der Waals surface area contributed by atoms with Crippen molar-refractivity contribution >= 4 is 41.0 Å². The first-order chi connectivity index (χ1) is 13.3. The van der Waals surface area contributed by atoms with Gasteiger partial charge in [0.05, 0.1) is 12.4 Å². The number of hydrogen-bond donors (Lipinski definition) is 1. The maximum atomic E-state index is 12.4. The number of thioether (sulfide) groups is 1. The van der Waals surface area contributed by atoms with Crippen molar-refractivity contribution < 1.29 is 4.79 Å². The van der Waals surface area contributed by atoms with Crippen molar-refractivity contribution in [1.82, 2.24) is 24.2 Å². The number of nitrogens with one attached hydrogen (secondary N) is 1. The second-order valence-electron chi connectivity index (χ2n) is 6.07. The molecule has 1 aliphatic rings. The molecule has 4 rings (SSSR count). The third-order valence-electron chi connectivity index (χ3n) is 4.10. The summed E-state index contributed by atoms with van der Waals surface area (Å²) in [5.41, 5.74) is 1.59. The number of amides is 1. The van der Waals surface area contributed by atoms with Crippen LogP contribution in [0.2, 0.25) is 0 Å². The van der Waals surface area contributed by atoms with Crippen molar-refractivity contribution in [2.24, 2.45) is 0 Å². The lowest BCUT2D eigenvalue weighted by Crippen LogP contribution is -2.28.